The molecule has 2 aliphatic rings. The van der Waals surface area contributed by atoms with Gasteiger partial charge in [0.25, 0.3) is 0 Å². The summed E-state index contributed by atoms with van der Waals surface area (Å²) in [5.74, 6) is 0.212. The molecule has 8 heteroatoms. The van der Waals surface area contributed by atoms with Crippen molar-refractivity contribution in [2.24, 2.45) is 0 Å². The molecule has 7 nitrogen and oxygen atoms in total. The van der Waals surface area contributed by atoms with Crippen LogP contribution in [0.3, 0.4) is 0 Å². The second kappa shape index (κ2) is 10.4. The number of para-hydroxylation sites is 1. The lowest BCUT2D eigenvalue weighted by Crippen LogP contribution is -2.51. The van der Waals surface area contributed by atoms with Gasteiger partial charge >= 0.3 is 0 Å². The maximum atomic E-state index is 12.9. The Hall–Kier alpha value is -3.23. The summed E-state index contributed by atoms with van der Waals surface area (Å²) < 4.78 is 1.86. The number of thiophene rings is 1. The molecule has 5 rings (SSSR count). The van der Waals surface area contributed by atoms with Crippen LogP contribution in [-0.4, -0.2) is 82.1 Å². The number of amides is 2. The maximum absolute atomic E-state index is 12.9. The van der Waals surface area contributed by atoms with E-state index in [0.717, 1.165) is 60.8 Å². The summed E-state index contributed by atoms with van der Waals surface area (Å²) in [6, 6.07) is 14.0. The van der Waals surface area contributed by atoms with Crippen molar-refractivity contribution in [3.8, 4) is 16.3 Å². The van der Waals surface area contributed by atoms with E-state index in [1.165, 1.54) is 0 Å². The molecule has 2 aliphatic heterocycles. The fourth-order valence-corrected chi connectivity index (χ4v) is 5.21. The van der Waals surface area contributed by atoms with Gasteiger partial charge in [0.15, 0.2) is 0 Å². The summed E-state index contributed by atoms with van der Waals surface area (Å²) in [6.45, 7) is 4.96. The molecular weight excluding hydrogens is 446 g/mol. The Morgan fingerprint density at radius 1 is 0.912 bits per heavy atom. The largest absolute Gasteiger partial charge is 0.342 e. The van der Waals surface area contributed by atoms with Gasteiger partial charge in [-0.2, -0.15) is 5.10 Å². The van der Waals surface area contributed by atoms with Crippen LogP contribution in [0.5, 0.6) is 0 Å². The van der Waals surface area contributed by atoms with Crippen molar-refractivity contribution in [3.63, 3.8) is 0 Å². The minimum atomic E-state index is -0.00453. The van der Waals surface area contributed by atoms with Crippen LogP contribution in [0.15, 0.2) is 60.1 Å². The minimum Gasteiger partial charge on any atom is -0.342 e. The second-order valence-electron chi connectivity index (χ2n) is 8.71. The van der Waals surface area contributed by atoms with Gasteiger partial charge in [0.1, 0.15) is 5.69 Å². The van der Waals surface area contributed by atoms with Crippen LogP contribution in [-0.2, 0) is 9.59 Å². The first kappa shape index (κ1) is 22.6. The summed E-state index contributed by atoms with van der Waals surface area (Å²) in [4.78, 5) is 32.4. The van der Waals surface area contributed by atoms with Crippen LogP contribution in [0, 0.1) is 0 Å². The second-order valence-corrected chi connectivity index (χ2v) is 9.66. The lowest BCUT2D eigenvalue weighted by molar-refractivity contribution is -0.132. The third kappa shape index (κ3) is 5.13. The predicted molar refractivity (Wildman–Crippen MR) is 135 cm³/mol. The third-order valence-electron chi connectivity index (χ3n) is 6.42. The first-order chi connectivity index (χ1) is 16.7. The van der Waals surface area contributed by atoms with E-state index in [0.29, 0.717) is 19.6 Å². The predicted octanol–water partition coefficient (Wildman–Crippen LogP) is 3.38. The number of hydrogen-bond donors (Lipinski definition) is 0. The normalized spacial score (nSPS) is 17.1. The zero-order valence-corrected chi connectivity index (χ0v) is 20.0. The van der Waals surface area contributed by atoms with Crippen LogP contribution in [0.4, 0.5) is 0 Å². The van der Waals surface area contributed by atoms with Gasteiger partial charge in [0.2, 0.25) is 11.8 Å². The van der Waals surface area contributed by atoms with Crippen LogP contribution in [0.1, 0.15) is 18.4 Å². The molecule has 0 N–H and O–H groups in total. The van der Waals surface area contributed by atoms with Crippen LogP contribution < -0.4 is 0 Å². The number of benzene rings is 1. The topological polar surface area (TPSA) is 61.7 Å². The van der Waals surface area contributed by atoms with Crippen LogP contribution in [0.25, 0.3) is 22.3 Å². The van der Waals surface area contributed by atoms with Gasteiger partial charge in [-0.05, 0) is 42.5 Å². The molecule has 2 aromatic heterocycles. The van der Waals surface area contributed by atoms with Gasteiger partial charge in [0, 0.05) is 57.1 Å². The molecule has 4 heterocycles. The summed E-state index contributed by atoms with van der Waals surface area (Å²) in [7, 11) is 0. The number of carbonyl (C=O) groups is 2. The zero-order valence-electron chi connectivity index (χ0n) is 19.2. The number of nitrogens with zero attached hydrogens (tertiary/aromatic N) is 5. The standard InChI is InChI=1S/C26H29N5O2S/c32-24(30-16-14-28(15-17-30)20-25(33)29-12-4-5-13-29)11-10-21-19-31(22-7-2-1-3-8-22)27-26(21)23-9-6-18-34-23/h1-3,6-11,18-19H,4-5,12-17,20H2/b11-10+. The Labute approximate surface area is 203 Å². The smallest absolute Gasteiger partial charge is 0.246 e. The molecule has 34 heavy (non-hydrogen) atoms. The average Bonchev–Trinajstić information content (AvgIpc) is 3.65. The highest BCUT2D eigenvalue weighted by molar-refractivity contribution is 7.13. The number of hydrogen-bond acceptors (Lipinski definition) is 5. The van der Waals surface area contributed by atoms with E-state index in [-0.39, 0.29) is 11.8 Å². The van der Waals surface area contributed by atoms with Crippen molar-refractivity contribution in [3.05, 3.63) is 65.7 Å². The minimum absolute atomic E-state index is 0.00453. The number of aromatic nitrogens is 2. The van der Waals surface area contributed by atoms with Crippen molar-refractivity contribution in [2.45, 2.75) is 12.8 Å². The lowest BCUT2D eigenvalue weighted by Gasteiger charge is -2.34. The van der Waals surface area contributed by atoms with E-state index in [9.17, 15) is 9.59 Å². The SMILES string of the molecule is O=C(/C=C/c1cn(-c2ccccc2)nc1-c1cccs1)N1CCN(CC(=O)N2CCCC2)CC1. The highest BCUT2D eigenvalue weighted by Gasteiger charge is 2.24. The van der Waals surface area contributed by atoms with Crippen molar-refractivity contribution in [1.82, 2.24) is 24.5 Å². The van der Waals surface area contributed by atoms with E-state index >= 15 is 0 Å². The Morgan fingerprint density at radius 3 is 2.38 bits per heavy atom. The Balaban J connectivity index is 1.23. The van der Waals surface area contributed by atoms with Gasteiger partial charge in [-0.1, -0.05) is 24.3 Å². The average molecular weight is 476 g/mol. The molecule has 0 atom stereocenters. The molecule has 0 radical (unpaired) electrons. The van der Waals surface area contributed by atoms with Crippen LogP contribution in [0.2, 0.25) is 0 Å². The number of rotatable bonds is 6. The molecule has 3 aromatic rings. The molecule has 2 fully saturated rings. The zero-order chi connectivity index (χ0) is 23.3. The third-order valence-corrected chi connectivity index (χ3v) is 7.30. The molecule has 0 bridgehead atoms. The van der Waals surface area contributed by atoms with Gasteiger partial charge < -0.3 is 9.80 Å². The first-order valence-electron chi connectivity index (χ1n) is 11.8. The van der Waals surface area contributed by atoms with E-state index in [1.807, 2.05) is 74.6 Å². The number of piperazine rings is 1. The van der Waals surface area contributed by atoms with Crippen LogP contribution >= 0.6 is 11.3 Å². The van der Waals surface area contributed by atoms with Gasteiger partial charge in [-0.25, -0.2) is 4.68 Å². The quantitative estimate of drug-likeness (QED) is 0.513. The fourth-order valence-electron chi connectivity index (χ4n) is 4.48. The van der Waals surface area contributed by atoms with Gasteiger partial charge in [-0.15, -0.1) is 11.3 Å². The van der Waals surface area contributed by atoms with Crippen molar-refractivity contribution in [2.75, 3.05) is 45.8 Å². The summed E-state index contributed by atoms with van der Waals surface area (Å²) in [6.07, 6.45) is 7.70. The molecule has 2 saturated heterocycles. The first-order valence-corrected chi connectivity index (χ1v) is 12.7. The molecule has 1 aromatic carbocycles. The van der Waals surface area contributed by atoms with Crippen molar-refractivity contribution < 1.29 is 9.59 Å². The fraction of sp³-hybridized carbons (Fsp3) is 0.346. The Kier molecular flexibility index (Phi) is 6.87. The summed E-state index contributed by atoms with van der Waals surface area (Å²) in [5.41, 5.74) is 2.76. The van der Waals surface area contributed by atoms with E-state index in [1.54, 1.807) is 17.4 Å². The van der Waals surface area contributed by atoms with Crippen molar-refractivity contribution >= 4 is 29.2 Å². The molecule has 0 saturated carbocycles. The molecule has 176 valence electrons. The molecule has 0 unspecified atom stereocenters. The van der Waals surface area contributed by atoms with Gasteiger partial charge in [-0.3, -0.25) is 14.5 Å². The highest BCUT2D eigenvalue weighted by atomic mass is 32.1. The van der Waals surface area contributed by atoms with E-state index in [2.05, 4.69) is 4.90 Å². The summed E-state index contributed by atoms with van der Waals surface area (Å²) >= 11 is 1.63. The lowest BCUT2D eigenvalue weighted by atomic mass is 10.2. The Bertz CT molecular complexity index is 1140. The molecule has 0 aliphatic carbocycles. The number of carbonyl (C=O) groups excluding carboxylic acids is 2. The van der Waals surface area contributed by atoms with E-state index in [4.69, 9.17) is 5.10 Å². The molecular formula is C26H29N5O2S. The highest BCUT2D eigenvalue weighted by Crippen LogP contribution is 2.28. The van der Waals surface area contributed by atoms with Gasteiger partial charge in [0.05, 0.1) is 17.1 Å². The monoisotopic (exact) mass is 475 g/mol. The van der Waals surface area contributed by atoms with Crippen molar-refractivity contribution in [1.29, 1.82) is 0 Å². The van der Waals surface area contributed by atoms with E-state index < -0.39 is 0 Å². The molecule has 0 spiro atoms. The maximum Gasteiger partial charge on any atom is 0.246 e. The number of likely N-dealkylation sites (tertiary alicyclic amines) is 1. The Morgan fingerprint density at radius 2 is 1.68 bits per heavy atom. The summed E-state index contributed by atoms with van der Waals surface area (Å²) in [5, 5.41) is 6.82. The molecule has 2 amide bonds.